The molecule has 1 rings (SSSR count). The molecule has 0 fully saturated rings. The Morgan fingerprint density at radius 2 is 2.16 bits per heavy atom. The second kappa shape index (κ2) is 7.56. The number of rotatable bonds is 6. The molecule has 0 atom stereocenters. The average molecular weight is 262 g/mol. The summed E-state index contributed by atoms with van der Waals surface area (Å²) in [5.41, 5.74) is 1.87. The van der Waals surface area contributed by atoms with Crippen LogP contribution in [-0.4, -0.2) is 17.4 Å². The number of hydrogen-bond acceptors (Lipinski definition) is 2. The molecular formula is C15H22N2O2. The van der Waals surface area contributed by atoms with Crippen LogP contribution in [0.25, 0.3) is 0 Å². The van der Waals surface area contributed by atoms with Gasteiger partial charge in [-0.15, -0.1) is 0 Å². The molecule has 1 heterocycles. The van der Waals surface area contributed by atoms with Crippen molar-refractivity contribution in [1.29, 1.82) is 0 Å². The third-order valence-electron chi connectivity index (χ3n) is 2.95. The van der Waals surface area contributed by atoms with E-state index in [0.717, 1.165) is 30.5 Å². The summed E-state index contributed by atoms with van der Waals surface area (Å²) in [6.07, 6.45) is 6.31. The number of aryl methyl sites for hydroxylation is 2. The zero-order valence-electron chi connectivity index (χ0n) is 11.9. The van der Waals surface area contributed by atoms with E-state index >= 15 is 0 Å². The van der Waals surface area contributed by atoms with E-state index in [9.17, 15) is 9.59 Å². The largest absolute Gasteiger partial charge is 0.348 e. The summed E-state index contributed by atoms with van der Waals surface area (Å²) in [7, 11) is 0. The standard InChI is InChI=1S/C15H22N2O2/c1-4-7-9-16-14(18)12-10-11(8-5-2)13(6-3)17-15(12)19/h4,7,10H,5-6,8-9H2,1-3H3,(H,16,18)(H,17,19)/b7-4+. The number of nitrogens with one attached hydrogen (secondary N) is 2. The zero-order valence-corrected chi connectivity index (χ0v) is 11.9. The zero-order chi connectivity index (χ0) is 14.3. The summed E-state index contributed by atoms with van der Waals surface area (Å²) < 4.78 is 0. The number of H-pyrrole nitrogens is 1. The van der Waals surface area contributed by atoms with Gasteiger partial charge < -0.3 is 10.3 Å². The molecule has 1 aromatic heterocycles. The van der Waals surface area contributed by atoms with E-state index in [0.29, 0.717) is 6.54 Å². The molecule has 1 amide bonds. The van der Waals surface area contributed by atoms with Crippen LogP contribution < -0.4 is 10.9 Å². The Labute approximate surface area is 113 Å². The highest BCUT2D eigenvalue weighted by molar-refractivity contribution is 5.94. The topological polar surface area (TPSA) is 62.0 Å². The summed E-state index contributed by atoms with van der Waals surface area (Å²) in [4.78, 5) is 26.6. The molecular weight excluding hydrogens is 240 g/mol. The maximum atomic E-state index is 11.9. The van der Waals surface area contributed by atoms with Gasteiger partial charge in [0, 0.05) is 12.2 Å². The second-order valence-corrected chi connectivity index (χ2v) is 4.40. The minimum Gasteiger partial charge on any atom is -0.348 e. The van der Waals surface area contributed by atoms with Gasteiger partial charge in [-0.05, 0) is 31.4 Å². The van der Waals surface area contributed by atoms with Crippen LogP contribution in [0.15, 0.2) is 23.0 Å². The van der Waals surface area contributed by atoms with Crippen LogP contribution >= 0.6 is 0 Å². The summed E-state index contributed by atoms with van der Waals surface area (Å²) in [5.74, 6) is -0.320. The monoisotopic (exact) mass is 262 g/mol. The van der Waals surface area contributed by atoms with E-state index in [2.05, 4.69) is 17.2 Å². The molecule has 0 saturated carbocycles. The lowest BCUT2D eigenvalue weighted by atomic mass is 10.0. The third kappa shape index (κ3) is 4.09. The molecule has 0 aromatic carbocycles. The first-order chi connectivity index (χ1) is 9.13. The normalized spacial score (nSPS) is 10.9. The van der Waals surface area contributed by atoms with Crippen molar-refractivity contribution in [3.8, 4) is 0 Å². The van der Waals surface area contributed by atoms with E-state index in [-0.39, 0.29) is 17.0 Å². The Kier molecular flexibility index (Phi) is 6.06. The van der Waals surface area contributed by atoms with Gasteiger partial charge in [-0.25, -0.2) is 0 Å². The quantitative estimate of drug-likeness (QED) is 0.772. The Morgan fingerprint density at radius 1 is 1.42 bits per heavy atom. The van der Waals surface area contributed by atoms with Crippen LogP contribution in [0.2, 0.25) is 0 Å². The smallest absolute Gasteiger partial charge is 0.261 e. The third-order valence-corrected chi connectivity index (χ3v) is 2.95. The molecule has 0 radical (unpaired) electrons. The number of allylic oxidation sites excluding steroid dienone is 1. The molecule has 4 heteroatoms. The Bertz CT molecular complexity index is 515. The molecule has 0 bridgehead atoms. The van der Waals surface area contributed by atoms with Gasteiger partial charge in [-0.1, -0.05) is 32.4 Å². The highest BCUT2D eigenvalue weighted by Gasteiger charge is 2.13. The molecule has 2 N–H and O–H groups in total. The first-order valence-electron chi connectivity index (χ1n) is 6.78. The Hall–Kier alpha value is -1.84. The van der Waals surface area contributed by atoms with Crippen LogP contribution in [0.5, 0.6) is 0 Å². The molecule has 104 valence electrons. The van der Waals surface area contributed by atoms with E-state index in [1.807, 2.05) is 26.0 Å². The lowest BCUT2D eigenvalue weighted by Gasteiger charge is -2.09. The van der Waals surface area contributed by atoms with E-state index < -0.39 is 0 Å². The maximum Gasteiger partial charge on any atom is 0.261 e. The molecule has 1 aromatic rings. The first-order valence-corrected chi connectivity index (χ1v) is 6.78. The number of hydrogen-bond donors (Lipinski definition) is 2. The molecule has 4 nitrogen and oxygen atoms in total. The van der Waals surface area contributed by atoms with Gasteiger partial charge in [0.2, 0.25) is 0 Å². The van der Waals surface area contributed by atoms with Crippen LogP contribution in [0.4, 0.5) is 0 Å². The van der Waals surface area contributed by atoms with Gasteiger partial charge in [-0.2, -0.15) is 0 Å². The van der Waals surface area contributed by atoms with Crippen LogP contribution in [0.3, 0.4) is 0 Å². The van der Waals surface area contributed by atoms with Crippen molar-refractivity contribution in [1.82, 2.24) is 10.3 Å². The van der Waals surface area contributed by atoms with Crippen molar-refractivity contribution < 1.29 is 4.79 Å². The Balaban J connectivity index is 3.03. The van der Waals surface area contributed by atoms with Gasteiger partial charge in [0.05, 0.1) is 0 Å². The van der Waals surface area contributed by atoms with Gasteiger partial charge in [-0.3, -0.25) is 9.59 Å². The number of aromatic nitrogens is 1. The van der Waals surface area contributed by atoms with Gasteiger partial charge in [0.15, 0.2) is 0 Å². The van der Waals surface area contributed by atoms with Crippen molar-refractivity contribution in [3.63, 3.8) is 0 Å². The van der Waals surface area contributed by atoms with E-state index in [1.165, 1.54) is 0 Å². The molecule has 0 aliphatic heterocycles. The number of carbonyl (C=O) groups excluding carboxylic acids is 1. The summed E-state index contributed by atoms with van der Waals surface area (Å²) in [5, 5.41) is 2.70. The van der Waals surface area contributed by atoms with Crippen LogP contribution in [0.1, 0.15) is 48.8 Å². The molecule has 0 saturated heterocycles. The lowest BCUT2D eigenvalue weighted by Crippen LogP contribution is -2.30. The highest BCUT2D eigenvalue weighted by atomic mass is 16.2. The molecule has 0 aliphatic rings. The number of aromatic amines is 1. The number of carbonyl (C=O) groups is 1. The molecule has 19 heavy (non-hydrogen) atoms. The summed E-state index contributed by atoms with van der Waals surface area (Å²) in [6.45, 7) is 6.40. The van der Waals surface area contributed by atoms with Crippen LogP contribution in [-0.2, 0) is 12.8 Å². The SMILES string of the molecule is C/C=C/CNC(=O)c1cc(CCC)c(CC)[nH]c1=O. The molecule has 0 unspecified atom stereocenters. The first kappa shape index (κ1) is 15.2. The highest BCUT2D eigenvalue weighted by Crippen LogP contribution is 2.09. The van der Waals surface area contributed by atoms with Crippen molar-refractivity contribution in [2.75, 3.05) is 6.54 Å². The van der Waals surface area contributed by atoms with Crippen molar-refractivity contribution in [3.05, 3.63) is 45.4 Å². The van der Waals surface area contributed by atoms with E-state index in [4.69, 9.17) is 0 Å². The average Bonchev–Trinajstić information content (AvgIpc) is 2.40. The van der Waals surface area contributed by atoms with Gasteiger partial charge in [0.1, 0.15) is 5.56 Å². The molecule has 0 aliphatic carbocycles. The predicted molar refractivity (Wildman–Crippen MR) is 77.6 cm³/mol. The fourth-order valence-corrected chi connectivity index (χ4v) is 1.95. The number of amides is 1. The van der Waals surface area contributed by atoms with E-state index in [1.54, 1.807) is 6.07 Å². The van der Waals surface area contributed by atoms with Crippen molar-refractivity contribution >= 4 is 5.91 Å². The van der Waals surface area contributed by atoms with Crippen molar-refractivity contribution in [2.24, 2.45) is 0 Å². The lowest BCUT2D eigenvalue weighted by molar-refractivity contribution is 0.0956. The number of pyridine rings is 1. The fraction of sp³-hybridized carbons (Fsp3) is 0.467. The van der Waals surface area contributed by atoms with Crippen molar-refractivity contribution in [2.45, 2.75) is 40.0 Å². The molecule has 0 spiro atoms. The van der Waals surface area contributed by atoms with Gasteiger partial charge >= 0.3 is 0 Å². The second-order valence-electron chi connectivity index (χ2n) is 4.40. The van der Waals surface area contributed by atoms with Gasteiger partial charge in [0.25, 0.3) is 11.5 Å². The minimum absolute atomic E-state index is 0.199. The Morgan fingerprint density at radius 3 is 2.74 bits per heavy atom. The fourth-order valence-electron chi connectivity index (χ4n) is 1.95. The summed E-state index contributed by atoms with van der Waals surface area (Å²) >= 11 is 0. The van der Waals surface area contributed by atoms with Crippen LogP contribution in [0, 0.1) is 0 Å². The summed E-state index contributed by atoms with van der Waals surface area (Å²) in [6, 6.07) is 1.73. The maximum absolute atomic E-state index is 11.9. The minimum atomic E-state index is -0.320. The predicted octanol–water partition coefficient (Wildman–Crippen LogP) is 2.20.